The molecule has 1 aromatic carbocycles. The lowest BCUT2D eigenvalue weighted by molar-refractivity contribution is 0.0992. The van der Waals surface area contributed by atoms with E-state index in [-0.39, 0.29) is 22.9 Å². The molecule has 0 aliphatic carbocycles. The maximum Gasteiger partial charge on any atom is 0.212 e. The Morgan fingerprint density at radius 3 is 2.64 bits per heavy atom. The van der Waals surface area contributed by atoms with Gasteiger partial charge in [-0.05, 0) is 42.0 Å². The number of nitrogens with zero attached hydrogens (tertiary/aromatic N) is 2. The number of pyridine rings is 2. The number of hydrogen-bond acceptors (Lipinski definition) is 4. The van der Waals surface area contributed by atoms with Crippen LogP contribution in [0.4, 0.5) is 20.2 Å². The molecule has 3 aromatic rings. The fraction of sp³-hybridized carbons (Fsp3) is 0.0556. The summed E-state index contributed by atoms with van der Waals surface area (Å²) in [6.07, 6.45) is 4.26. The second kappa shape index (κ2) is 7.36. The Morgan fingerprint density at radius 1 is 1.08 bits per heavy atom. The first-order valence-corrected chi connectivity index (χ1v) is 7.70. The van der Waals surface area contributed by atoms with Crippen LogP contribution in [0.3, 0.4) is 0 Å². The fourth-order valence-corrected chi connectivity index (χ4v) is 2.40. The minimum atomic E-state index is -0.652. The summed E-state index contributed by atoms with van der Waals surface area (Å²) >= 11 is 5.74. The van der Waals surface area contributed by atoms with E-state index in [0.29, 0.717) is 16.8 Å². The molecule has 0 aliphatic heterocycles. The van der Waals surface area contributed by atoms with Crippen LogP contribution in [0.1, 0.15) is 15.9 Å². The number of nitrogens with one attached hydrogen (secondary N) is 1. The summed E-state index contributed by atoms with van der Waals surface area (Å²) in [5.74, 6) is -1.41. The van der Waals surface area contributed by atoms with Crippen LogP contribution in [0, 0.1) is 11.8 Å². The molecule has 0 bridgehead atoms. The van der Waals surface area contributed by atoms with Crippen molar-refractivity contribution in [3.63, 3.8) is 0 Å². The molecule has 25 heavy (non-hydrogen) atoms. The SMILES string of the molecule is O=C(Cc1ccncc1Nc1ccc(Cl)cc1F)c1ccc(F)nc1. The van der Waals surface area contributed by atoms with Crippen molar-refractivity contribution in [1.29, 1.82) is 0 Å². The Labute approximate surface area is 147 Å². The highest BCUT2D eigenvalue weighted by molar-refractivity contribution is 6.30. The number of benzene rings is 1. The molecule has 0 fully saturated rings. The average Bonchev–Trinajstić information content (AvgIpc) is 2.59. The lowest BCUT2D eigenvalue weighted by Crippen LogP contribution is -2.07. The summed E-state index contributed by atoms with van der Waals surface area (Å²) in [4.78, 5) is 19.8. The van der Waals surface area contributed by atoms with Crippen LogP contribution >= 0.6 is 11.6 Å². The van der Waals surface area contributed by atoms with E-state index in [9.17, 15) is 13.6 Å². The number of carbonyl (C=O) groups is 1. The number of hydrogen-bond donors (Lipinski definition) is 1. The first-order chi connectivity index (χ1) is 12.0. The standard InChI is InChI=1S/C18H12ClF2N3O/c19-13-2-3-15(14(20)8-13)24-16-10-22-6-5-11(16)7-17(25)12-1-4-18(21)23-9-12/h1-6,8-10,24H,7H2. The van der Waals surface area contributed by atoms with E-state index >= 15 is 0 Å². The Kier molecular flexibility index (Phi) is 5.00. The molecule has 2 heterocycles. The molecule has 0 unspecified atom stereocenters. The largest absolute Gasteiger partial charge is 0.352 e. The number of ketones is 1. The monoisotopic (exact) mass is 359 g/mol. The molecule has 1 N–H and O–H groups in total. The quantitative estimate of drug-likeness (QED) is 0.535. The van der Waals surface area contributed by atoms with Crippen molar-refractivity contribution in [1.82, 2.24) is 9.97 Å². The first kappa shape index (κ1) is 17.0. The number of rotatable bonds is 5. The highest BCUT2D eigenvalue weighted by Gasteiger charge is 2.12. The Bertz CT molecular complexity index is 916. The topological polar surface area (TPSA) is 54.9 Å². The van der Waals surface area contributed by atoms with Gasteiger partial charge < -0.3 is 5.32 Å². The van der Waals surface area contributed by atoms with E-state index < -0.39 is 11.8 Å². The maximum absolute atomic E-state index is 14.0. The molecule has 3 rings (SSSR count). The van der Waals surface area contributed by atoms with Gasteiger partial charge in [-0.15, -0.1) is 0 Å². The van der Waals surface area contributed by atoms with Crippen molar-refractivity contribution in [3.8, 4) is 0 Å². The third kappa shape index (κ3) is 4.16. The zero-order valence-electron chi connectivity index (χ0n) is 12.8. The van der Waals surface area contributed by atoms with Crippen LogP contribution in [-0.2, 0) is 6.42 Å². The zero-order valence-corrected chi connectivity index (χ0v) is 13.6. The summed E-state index contributed by atoms with van der Waals surface area (Å²) in [5.41, 5.74) is 1.63. The third-order valence-electron chi connectivity index (χ3n) is 3.51. The van der Waals surface area contributed by atoms with Gasteiger partial charge in [0.25, 0.3) is 0 Å². The van der Waals surface area contributed by atoms with E-state index in [4.69, 9.17) is 11.6 Å². The van der Waals surface area contributed by atoms with Crippen LogP contribution in [-0.4, -0.2) is 15.8 Å². The zero-order chi connectivity index (χ0) is 17.8. The molecule has 0 aliphatic rings. The second-order valence-electron chi connectivity index (χ2n) is 5.25. The van der Waals surface area contributed by atoms with Gasteiger partial charge in [0, 0.05) is 29.4 Å². The predicted octanol–water partition coefficient (Wildman–Crippen LogP) is 4.58. The minimum Gasteiger partial charge on any atom is -0.352 e. The predicted molar refractivity (Wildman–Crippen MR) is 91.2 cm³/mol. The molecule has 126 valence electrons. The Balaban J connectivity index is 1.83. The average molecular weight is 360 g/mol. The molecule has 0 saturated carbocycles. The summed E-state index contributed by atoms with van der Waals surface area (Å²) in [7, 11) is 0. The van der Waals surface area contributed by atoms with E-state index in [1.807, 2.05) is 0 Å². The number of carbonyl (C=O) groups excluding carboxylic acids is 1. The Morgan fingerprint density at radius 2 is 1.92 bits per heavy atom. The molecule has 4 nitrogen and oxygen atoms in total. The van der Waals surface area contributed by atoms with E-state index in [1.165, 1.54) is 36.8 Å². The van der Waals surface area contributed by atoms with Gasteiger partial charge in [0.05, 0.1) is 17.6 Å². The van der Waals surface area contributed by atoms with Crippen molar-refractivity contribution in [3.05, 3.63) is 82.9 Å². The van der Waals surface area contributed by atoms with E-state index in [1.54, 1.807) is 12.1 Å². The number of halogens is 3. The fourth-order valence-electron chi connectivity index (χ4n) is 2.24. The van der Waals surface area contributed by atoms with E-state index in [0.717, 1.165) is 6.07 Å². The van der Waals surface area contributed by atoms with Gasteiger partial charge in [-0.25, -0.2) is 9.37 Å². The van der Waals surface area contributed by atoms with Gasteiger partial charge in [-0.1, -0.05) is 11.6 Å². The van der Waals surface area contributed by atoms with Crippen LogP contribution in [0.5, 0.6) is 0 Å². The molecule has 0 amide bonds. The van der Waals surface area contributed by atoms with Crippen molar-refractivity contribution >= 4 is 28.8 Å². The lowest BCUT2D eigenvalue weighted by atomic mass is 10.0. The highest BCUT2D eigenvalue weighted by Crippen LogP contribution is 2.25. The van der Waals surface area contributed by atoms with Gasteiger partial charge in [-0.3, -0.25) is 9.78 Å². The van der Waals surface area contributed by atoms with Gasteiger partial charge in [0.1, 0.15) is 5.82 Å². The second-order valence-corrected chi connectivity index (χ2v) is 5.69. The number of aromatic nitrogens is 2. The van der Waals surface area contributed by atoms with Crippen molar-refractivity contribution in [2.75, 3.05) is 5.32 Å². The van der Waals surface area contributed by atoms with Crippen LogP contribution in [0.2, 0.25) is 5.02 Å². The number of anilines is 2. The maximum atomic E-state index is 14.0. The molecule has 0 spiro atoms. The van der Waals surface area contributed by atoms with Gasteiger partial charge >= 0.3 is 0 Å². The van der Waals surface area contributed by atoms with Crippen molar-refractivity contribution in [2.24, 2.45) is 0 Å². The summed E-state index contributed by atoms with van der Waals surface area (Å²) < 4.78 is 26.8. The van der Waals surface area contributed by atoms with E-state index in [2.05, 4.69) is 15.3 Å². The molecule has 0 radical (unpaired) electrons. The highest BCUT2D eigenvalue weighted by atomic mass is 35.5. The van der Waals surface area contributed by atoms with Crippen LogP contribution in [0.15, 0.2) is 55.0 Å². The molecular weight excluding hydrogens is 348 g/mol. The first-order valence-electron chi connectivity index (χ1n) is 7.32. The smallest absolute Gasteiger partial charge is 0.212 e. The van der Waals surface area contributed by atoms with Gasteiger partial charge in [0.15, 0.2) is 5.78 Å². The van der Waals surface area contributed by atoms with Gasteiger partial charge in [0.2, 0.25) is 5.95 Å². The summed E-state index contributed by atoms with van der Waals surface area (Å²) in [6, 6.07) is 8.40. The molecule has 7 heteroatoms. The molecule has 0 atom stereocenters. The molecule has 0 saturated heterocycles. The number of Topliss-reactive ketones (excluding diaryl/α,β-unsaturated/α-hetero) is 1. The van der Waals surface area contributed by atoms with Crippen molar-refractivity contribution < 1.29 is 13.6 Å². The normalized spacial score (nSPS) is 10.5. The van der Waals surface area contributed by atoms with Crippen LogP contribution < -0.4 is 5.32 Å². The molecule has 2 aromatic heterocycles. The molecular formula is C18H12ClF2N3O. The lowest BCUT2D eigenvalue weighted by Gasteiger charge is -2.12. The summed E-state index contributed by atoms with van der Waals surface area (Å²) in [5, 5.41) is 3.20. The van der Waals surface area contributed by atoms with Gasteiger partial charge in [-0.2, -0.15) is 4.39 Å². The van der Waals surface area contributed by atoms with Crippen molar-refractivity contribution in [2.45, 2.75) is 6.42 Å². The summed E-state index contributed by atoms with van der Waals surface area (Å²) in [6.45, 7) is 0. The minimum absolute atomic E-state index is 0.0351. The third-order valence-corrected chi connectivity index (χ3v) is 3.75. The van der Waals surface area contributed by atoms with Crippen LogP contribution in [0.25, 0.3) is 0 Å². The Hall–Kier alpha value is -2.86.